The Kier molecular flexibility index (Phi) is 3.84. The molecule has 2 N–H and O–H groups in total. The Morgan fingerprint density at radius 2 is 2.18 bits per heavy atom. The van der Waals surface area contributed by atoms with Crippen LogP contribution in [0.25, 0.3) is 0 Å². The topological polar surface area (TPSA) is 41.1 Å². The molecule has 0 radical (unpaired) electrons. The lowest BCUT2D eigenvalue weighted by atomic mass is 10.0. The van der Waals surface area contributed by atoms with E-state index in [1.165, 1.54) is 0 Å². The van der Waals surface area contributed by atoms with Crippen LogP contribution in [0.5, 0.6) is 0 Å². The van der Waals surface area contributed by atoms with E-state index < -0.39 is 0 Å². The predicted molar refractivity (Wildman–Crippen MR) is 71.9 cm³/mol. The highest BCUT2D eigenvalue weighted by Crippen LogP contribution is 2.14. The first kappa shape index (κ1) is 12.6. The van der Waals surface area contributed by atoms with Crippen LogP contribution in [0.15, 0.2) is 28.7 Å². The second kappa shape index (κ2) is 5.19. The Morgan fingerprint density at radius 3 is 2.76 bits per heavy atom. The first-order valence-electron chi connectivity index (χ1n) is 5.84. The van der Waals surface area contributed by atoms with Gasteiger partial charge < -0.3 is 10.6 Å². The SMILES string of the molecule is CC1(NC(=O)Cc2ccc(Br)cc2)CCNC1. The van der Waals surface area contributed by atoms with E-state index in [0.29, 0.717) is 6.42 Å². The number of hydrogen-bond acceptors (Lipinski definition) is 2. The molecule has 0 spiro atoms. The van der Waals surface area contributed by atoms with Gasteiger partial charge in [0.1, 0.15) is 0 Å². The van der Waals surface area contributed by atoms with Gasteiger partial charge in [-0.3, -0.25) is 4.79 Å². The van der Waals surface area contributed by atoms with Gasteiger partial charge in [0.05, 0.1) is 12.0 Å². The van der Waals surface area contributed by atoms with Crippen LogP contribution in [-0.4, -0.2) is 24.5 Å². The normalized spacial score (nSPS) is 23.6. The number of benzene rings is 1. The number of amides is 1. The molecule has 1 unspecified atom stereocenters. The van der Waals surface area contributed by atoms with Crippen molar-refractivity contribution >= 4 is 21.8 Å². The van der Waals surface area contributed by atoms with E-state index in [1.54, 1.807) is 0 Å². The summed E-state index contributed by atoms with van der Waals surface area (Å²) >= 11 is 3.38. The highest BCUT2D eigenvalue weighted by molar-refractivity contribution is 9.10. The highest BCUT2D eigenvalue weighted by atomic mass is 79.9. The highest BCUT2D eigenvalue weighted by Gasteiger charge is 2.29. The van der Waals surface area contributed by atoms with Crippen LogP contribution in [0.3, 0.4) is 0 Å². The molecular formula is C13H17BrN2O. The minimum absolute atomic E-state index is 0.0769. The smallest absolute Gasteiger partial charge is 0.224 e. The van der Waals surface area contributed by atoms with Gasteiger partial charge in [0.15, 0.2) is 0 Å². The Hall–Kier alpha value is -0.870. The molecular weight excluding hydrogens is 280 g/mol. The minimum Gasteiger partial charge on any atom is -0.349 e. The number of nitrogens with one attached hydrogen (secondary N) is 2. The molecule has 1 aliphatic rings. The summed E-state index contributed by atoms with van der Waals surface area (Å²) < 4.78 is 1.04. The van der Waals surface area contributed by atoms with Crippen LogP contribution < -0.4 is 10.6 Å². The quantitative estimate of drug-likeness (QED) is 0.894. The van der Waals surface area contributed by atoms with Crippen LogP contribution in [0.2, 0.25) is 0 Å². The molecule has 1 aromatic carbocycles. The molecule has 92 valence electrons. The molecule has 1 heterocycles. The molecule has 1 saturated heterocycles. The molecule has 2 rings (SSSR count). The van der Waals surface area contributed by atoms with Gasteiger partial charge in [-0.2, -0.15) is 0 Å². The maximum absolute atomic E-state index is 11.9. The maximum atomic E-state index is 11.9. The molecule has 1 amide bonds. The third kappa shape index (κ3) is 3.54. The number of hydrogen-bond donors (Lipinski definition) is 2. The number of halogens is 1. The molecule has 0 bridgehead atoms. The lowest BCUT2D eigenvalue weighted by molar-refractivity contribution is -0.122. The average Bonchev–Trinajstić information content (AvgIpc) is 2.68. The van der Waals surface area contributed by atoms with Gasteiger partial charge in [-0.15, -0.1) is 0 Å². The van der Waals surface area contributed by atoms with Gasteiger partial charge in [-0.1, -0.05) is 28.1 Å². The van der Waals surface area contributed by atoms with Crippen molar-refractivity contribution in [3.05, 3.63) is 34.3 Å². The molecule has 1 aromatic rings. The van der Waals surface area contributed by atoms with Crippen LogP contribution in [0, 0.1) is 0 Å². The van der Waals surface area contributed by atoms with E-state index in [9.17, 15) is 4.79 Å². The van der Waals surface area contributed by atoms with Crippen LogP contribution >= 0.6 is 15.9 Å². The lowest BCUT2D eigenvalue weighted by Gasteiger charge is -2.24. The first-order chi connectivity index (χ1) is 8.07. The van der Waals surface area contributed by atoms with Crippen LogP contribution in [-0.2, 0) is 11.2 Å². The first-order valence-corrected chi connectivity index (χ1v) is 6.63. The average molecular weight is 297 g/mol. The summed E-state index contributed by atoms with van der Waals surface area (Å²) in [6.45, 7) is 3.93. The monoisotopic (exact) mass is 296 g/mol. The zero-order chi connectivity index (χ0) is 12.3. The summed E-state index contributed by atoms with van der Waals surface area (Å²) in [5, 5.41) is 6.37. The molecule has 1 atom stereocenters. The van der Waals surface area contributed by atoms with E-state index >= 15 is 0 Å². The summed E-state index contributed by atoms with van der Waals surface area (Å²) in [6, 6.07) is 7.86. The van der Waals surface area contributed by atoms with E-state index in [0.717, 1.165) is 29.5 Å². The summed E-state index contributed by atoms with van der Waals surface area (Å²) in [5.74, 6) is 0.0959. The number of carbonyl (C=O) groups excluding carboxylic acids is 1. The van der Waals surface area contributed by atoms with Crippen LogP contribution in [0.1, 0.15) is 18.9 Å². The van der Waals surface area contributed by atoms with Crippen molar-refractivity contribution < 1.29 is 4.79 Å². The van der Waals surface area contributed by atoms with Crippen LogP contribution in [0.4, 0.5) is 0 Å². The molecule has 4 heteroatoms. The fourth-order valence-corrected chi connectivity index (χ4v) is 2.36. The molecule has 17 heavy (non-hydrogen) atoms. The van der Waals surface area contributed by atoms with Crippen molar-refractivity contribution in [3.63, 3.8) is 0 Å². The number of carbonyl (C=O) groups is 1. The molecule has 0 saturated carbocycles. The summed E-state index contributed by atoms with van der Waals surface area (Å²) in [6.07, 6.45) is 1.45. The molecule has 1 aliphatic heterocycles. The standard InChI is InChI=1S/C13H17BrN2O/c1-13(6-7-15-9-13)16-12(17)8-10-2-4-11(14)5-3-10/h2-5,15H,6-9H2,1H3,(H,16,17). The van der Waals surface area contributed by atoms with Gasteiger partial charge in [-0.25, -0.2) is 0 Å². The summed E-state index contributed by atoms with van der Waals surface area (Å²) in [4.78, 5) is 11.9. The Bertz CT molecular complexity index is 396. The second-order valence-corrected chi connectivity index (χ2v) is 5.75. The Morgan fingerprint density at radius 1 is 1.47 bits per heavy atom. The number of rotatable bonds is 3. The van der Waals surface area contributed by atoms with Crippen molar-refractivity contribution in [1.29, 1.82) is 0 Å². The fourth-order valence-electron chi connectivity index (χ4n) is 2.09. The van der Waals surface area contributed by atoms with Crippen molar-refractivity contribution in [1.82, 2.24) is 10.6 Å². The summed E-state index contributed by atoms with van der Waals surface area (Å²) in [5.41, 5.74) is 0.965. The van der Waals surface area contributed by atoms with E-state index in [-0.39, 0.29) is 11.4 Å². The molecule has 1 fully saturated rings. The third-order valence-corrected chi connectivity index (χ3v) is 3.62. The maximum Gasteiger partial charge on any atom is 0.224 e. The van der Waals surface area contributed by atoms with Gasteiger partial charge in [0.25, 0.3) is 0 Å². The Labute approximate surface area is 110 Å². The van der Waals surface area contributed by atoms with Crippen molar-refractivity contribution in [2.24, 2.45) is 0 Å². The van der Waals surface area contributed by atoms with E-state index in [1.807, 2.05) is 24.3 Å². The summed E-state index contributed by atoms with van der Waals surface area (Å²) in [7, 11) is 0. The predicted octanol–water partition coefficient (Wildman–Crippen LogP) is 1.86. The Balaban J connectivity index is 1.91. The van der Waals surface area contributed by atoms with Gasteiger partial charge >= 0.3 is 0 Å². The van der Waals surface area contributed by atoms with E-state index in [4.69, 9.17) is 0 Å². The van der Waals surface area contributed by atoms with Crippen molar-refractivity contribution in [2.75, 3.05) is 13.1 Å². The van der Waals surface area contributed by atoms with Crippen molar-refractivity contribution in [3.8, 4) is 0 Å². The molecule has 3 nitrogen and oxygen atoms in total. The zero-order valence-electron chi connectivity index (χ0n) is 9.92. The van der Waals surface area contributed by atoms with E-state index in [2.05, 4.69) is 33.5 Å². The lowest BCUT2D eigenvalue weighted by Crippen LogP contribution is -2.48. The van der Waals surface area contributed by atoms with Gasteiger partial charge in [-0.05, 0) is 37.6 Å². The third-order valence-electron chi connectivity index (χ3n) is 3.09. The van der Waals surface area contributed by atoms with Gasteiger partial charge in [0.2, 0.25) is 5.91 Å². The van der Waals surface area contributed by atoms with Gasteiger partial charge in [0, 0.05) is 11.0 Å². The van der Waals surface area contributed by atoms with Crippen molar-refractivity contribution in [2.45, 2.75) is 25.3 Å². The largest absolute Gasteiger partial charge is 0.349 e. The minimum atomic E-state index is -0.0769. The molecule has 0 aliphatic carbocycles. The molecule has 0 aromatic heterocycles. The zero-order valence-corrected chi connectivity index (χ0v) is 11.5. The fraction of sp³-hybridized carbons (Fsp3) is 0.462. The second-order valence-electron chi connectivity index (χ2n) is 4.84.